The Morgan fingerprint density at radius 2 is 2.25 bits per heavy atom. The number of aromatic nitrogens is 1. The minimum Gasteiger partial charge on any atom is -0.260 e. The van der Waals surface area contributed by atoms with Gasteiger partial charge in [-0.2, -0.15) is 0 Å². The summed E-state index contributed by atoms with van der Waals surface area (Å²) in [6.07, 6.45) is -1.16. The van der Waals surface area contributed by atoms with Gasteiger partial charge in [-0.15, -0.1) is 0 Å². The zero-order valence-electron chi connectivity index (χ0n) is 5.90. The summed E-state index contributed by atoms with van der Waals surface area (Å²) in [6, 6.07) is 1.36. The maximum Gasteiger partial charge on any atom is 0.267 e. The highest BCUT2D eigenvalue weighted by Gasteiger charge is 2.16. The highest BCUT2D eigenvalue weighted by Crippen LogP contribution is 2.29. The van der Waals surface area contributed by atoms with Gasteiger partial charge >= 0.3 is 0 Å². The number of rotatable bonds is 2. The quantitative estimate of drug-likeness (QED) is 0.737. The van der Waals surface area contributed by atoms with E-state index in [1.54, 1.807) is 0 Å². The molecule has 1 heterocycles. The molecule has 0 unspecified atom stereocenters. The van der Waals surface area contributed by atoms with Gasteiger partial charge in [0.15, 0.2) is 0 Å². The molecule has 0 N–H and O–H groups in total. The third kappa shape index (κ3) is 1.93. The Bertz CT molecular complexity index is 280. The summed E-state index contributed by atoms with van der Waals surface area (Å²) in [6.45, 7) is 0. The number of hydrogen-bond acceptors (Lipinski definition) is 1. The van der Waals surface area contributed by atoms with E-state index in [4.69, 9.17) is 11.6 Å². The highest BCUT2D eigenvalue weighted by atomic mass is 79.9. The van der Waals surface area contributed by atoms with Gasteiger partial charge in [0, 0.05) is 11.5 Å². The second-order valence-corrected chi connectivity index (χ2v) is 3.06. The number of pyridine rings is 1. The number of halogens is 4. The van der Waals surface area contributed by atoms with Crippen LogP contribution in [0.1, 0.15) is 17.7 Å². The van der Waals surface area contributed by atoms with Crippen LogP contribution < -0.4 is 0 Å². The van der Waals surface area contributed by atoms with Gasteiger partial charge in [0.05, 0.1) is 16.3 Å². The van der Waals surface area contributed by atoms with Gasteiger partial charge in [0.25, 0.3) is 6.43 Å². The molecule has 5 heteroatoms. The van der Waals surface area contributed by atoms with E-state index in [0.717, 1.165) is 0 Å². The van der Waals surface area contributed by atoms with E-state index >= 15 is 0 Å². The van der Waals surface area contributed by atoms with Crippen LogP contribution in [-0.4, -0.2) is 4.98 Å². The van der Waals surface area contributed by atoms with Gasteiger partial charge < -0.3 is 0 Å². The smallest absolute Gasteiger partial charge is 0.260 e. The Hall–Kier alpha value is -0.220. The van der Waals surface area contributed by atoms with Crippen LogP contribution in [0, 0.1) is 0 Å². The van der Waals surface area contributed by atoms with Crippen LogP contribution in [0.3, 0.4) is 0 Å². The SMILES string of the molecule is FC(F)c1c(Cl)ccnc1CBr. The van der Waals surface area contributed by atoms with Gasteiger partial charge in [-0.3, -0.25) is 4.98 Å². The van der Waals surface area contributed by atoms with Gasteiger partial charge in [-0.25, -0.2) is 8.78 Å². The molecule has 0 aliphatic carbocycles. The summed E-state index contributed by atoms with van der Waals surface area (Å²) < 4.78 is 24.7. The van der Waals surface area contributed by atoms with E-state index in [1.165, 1.54) is 12.3 Å². The van der Waals surface area contributed by atoms with Crippen LogP contribution >= 0.6 is 27.5 Å². The van der Waals surface area contributed by atoms with Crippen molar-refractivity contribution >= 4 is 27.5 Å². The Labute approximate surface area is 81.9 Å². The maximum absolute atomic E-state index is 12.3. The van der Waals surface area contributed by atoms with Crippen molar-refractivity contribution < 1.29 is 8.78 Å². The molecule has 0 aliphatic rings. The highest BCUT2D eigenvalue weighted by molar-refractivity contribution is 9.08. The molecule has 1 rings (SSSR count). The first kappa shape index (κ1) is 9.86. The summed E-state index contributed by atoms with van der Waals surface area (Å²) in [5.41, 5.74) is 0.105. The van der Waals surface area contributed by atoms with Gasteiger partial charge in [0.1, 0.15) is 0 Å². The molecular weight excluding hydrogens is 251 g/mol. The van der Waals surface area contributed by atoms with Crippen LogP contribution in [0.5, 0.6) is 0 Å². The van der Waals surface area contributed by atoms with Crippen LogP contribution in [0.25, 0.3) is 0 Å². The zero-order valence-corrected chi connectivity index (χ0v) is 8.24. The van der Waals surface area contributed by atoms with E-state index in [-0.39, 0.29) is 21.6 Å². The van der Waals surface area contributed by atoms with Crippen molar-refractivity contribution in [1.82, 2.24) is 4.98 Å². The number of hydrogen-bond donors (Lipinski definition) is 0. The second kappa shape index (κ2) is 4.14. The summed E-state index contributed by atoms with van der Waals surface area (Å²) in [4.78, 5) is 3.77. The fraction of sp³-hybridized carbons (Fsp3) is 0.286. The maximum atomic E-state index is 12.3. The van der Waals surface area contributed by atoms with Crippen LogP contribution in [0.15, 0.2) is 12.3 Å². The van der Waals surface area contributed by atoms with E-state index in [0.29, 0.717) is 0 Å². The summed E-state index contributed by atoms with van der Waals surface area (Å²) in [5, 5.41) is 0.349. The standard InChI is InChI=1S/C7H5BrClF2N/c8-3-5-6(7(10)11)4(9)1-2-12-5/h1-2,7H,3H2. The molecule has 0 aromatic carbocycles. The summed E-state index contributed by atoms with van der Waals surface area (Å²) in [5.74, 6) is 0. The first-order chi connectivity index (χ1) is 5.66. The van der Waals surface area contributed by atoms with Gasteiger partial charge in [-0.05, 0) is 6.07 Å². The van der Waals surface area contributed by atoms with E-state index in [1.807, 2.05) is 0 Å². The van der Waals surface area contributed by atoms with E-state index < -0.39 is 6.43 Å². The summed E-state index contributed by atoms with van der Waals surface area (Å²) >= 11 is 8.62. The number of nitrogens with zero attached hydrogens (tertiary/aromatic N) is 1. The van der Waals surface area contributed by atoms with Crippen molar-refractivity contribution in [1.29, 1.82) is 0 Å². The fourth-order valence-electron chi connectivity index (χ4n) is 0.827. The molecule has 0 aliphatic heterocycles. The van der Waals surface area contributed by atoms with Crippen molar-refractivity contribution in [2.75, 3.05) is 0 Å². The van der Waals surface area contributed by atoms with Crippen LogP contribution in [0.2, 0.25) is 5.02 Å². The first-order valence-electron chi connectivity index (χ1n) is 3.14. The molecule has 0 amide bonds. The summed E-state index contributed by atoms with van der Waals surface area (Å²) in [7, 11) is 0. The molecule has 1 nitrogen and oxygen atoms in total. The molecule has 0 bridgehead atoms. The van der Waals surface area contributed by atoms with Crippen LogP contribution in [0.4, 0.5) is 8.78 Å². The van der Waals surface area contributed by atoms with Crippen molar-refractivity contribution in [2.45, 2.75) is 11.8 Å². The molecule has 0 atom stereocenters. The van der Waals surface area contributed by atoms with Gasteiger partial charge in [0.2, 0.25) is 0 Å². The lowest BCUT2D eigenvalue weighted by Gasteiger charge is -2.06. The first-order valence-corrected chi connectivity index (χ1v) is 4.64. The average molecular weight is 256 g/mol. The lowest BCUT2D eigenvalue weighted by atomic mass is 10.2. The Morgan fingerprint density at radius 3 is 2.67 bits per heavy atom. The van der Waals surface area contributed by atoms with Crippen molar-refractivity contribution in [3.8, 4) is 0 Å². The van der Waals surface area contributed by atoms with Crippen molar-refractivity contribution in [3.63, 3.8) is 0 Å². The largest absolute Gasteiger partial charge is 0.267 e. The molecule has 1 aromatic heterocycles. The van der Waals surface area contributed by atoms with Crippen molar-refractivity contribution in [2.24, 2.45) is 0 Å². The molecule has 0 saturated carbocycles. The molecule has 12 heavy (non-hydrogen) atoms. The molecular formula is C7H5BrClF2N. The molecule has 0 fully saturated rings. The predicted molar refractivity (Wildman–Crippen MR) is 46.8 cm³/mol. The third-order valence-electron chi connectivity index (χ3n) is 1.36. The topological polar surface area (TPSA) is 12.9 Å². The molecule has 0 radical (unpaired) electrons. The molecule has 0 saturated heterocycles. The Balaban J connectivity index is 3.20. The third-order valence-corrected chi connectivity index (χ3v) is 2.22. The number of alkyl halides is 3. The minimum atomic E-state index is -2.57. The van der Waals surface area contributed by atoms with Crippen LogP contribution in [-0.2, 0) is 5.33 Å². The molecule has 66 valence electrons. The molecule has 1 aromatic rings. The average Bonchev–Trinajstić information content (AvgIpc) is 2.03. The lowest BCUT2D eigenvalue weighted by molar-refractivity contribution is 0.150. The van der Waals surface area contributed by atoms with Crippen molar-refractivity contribution in [3.05, 3.63) is 28.5 Å². The van der Waals surface area contributed by atoms with E-state index in [9.17, 15) is 8.78 Å². The Morgan fingerprint density at radius 1 is 1.58 bits per heavy atom. The fourth-order valence-corrected chi connectivity index (χ4v) is 1.52. The second-order valence-electron chi connectivity index (χ2n) is 2.09. The zero-order chi connectivity index (χ0) is 9.14. The molecule has 0 spiro atoms. The lowest BCUT2D eigenvalue weighted by Crippen LogP contribution is -1.96. The minimum absolute atomic E-state index is 0.0643. The normalized spacial score (nSPS) is 10.8. The monoisotopic (exact) mass is 255 g/mol. The van der Waals surface area contributed by atoms with Gasteiger partial charge in [-0.1, -0.05) is 27.5 Å². The van der Waals surface area contributed by atoms with E-state index in [2.05, 4.69) is 20.9 Å². The Kier molecular flexibility index (Phi) is 3.40. The predicted octanol–water partition coefficient (Wildman–Crippen LogP) is 3.57.